The Hall–Kier alpha value is -0.910. The molecule has 0 saturated carbocycles. The lowest BCUT2D eigenvalue weighted by Crippen LogP contribution is -2.18. The second-order valence-electron chi connectivity index (χ2n) is 3.78. The van der Waals surface area contributed by atoms with Gasteiger partial charge in [0.2, 0.25) is 0 Å². The Morgan fingerprint density at radius 1 is 1.44 bits per heavy atom. The normalized spacial score (nSPS) is 14.0. The molecule has 0 radical (unpaired) electrons. The first-order valence-corrected chi connectivity index (χ1v) is 6.61. The predicted octanol–water partition coefficient (Wildman–Crippen LogP) is 2.51. The van der Waals surface area contributed by atoms with Crippen LogP contribution in [0.3, 0.4) is 0 Å². The summed E-state index contributed by atoms with van der Waals surface area (Å²) in [7, 11) is 0. The van der Waals surface area contributed by atoms with Crippen LogP contribution < -0.4 is 0 Å². The van der Waals surface area contributed by atoms with Crippen LogP contribution in [0.25, 0.3) is 0 Å². The molecule has 18 heavy (non-hydrogen) atoms. The molecule has 6 heteroatoms. The number of benzene rings is 1. The molecule has 0 aliphatic carbocycles. The molecular weight excluding hydrogens is 323 g/mol. The van der Waals surface area contributed by atoms with E-state index in [-0.39, 0.29) is 22.8 Å². The number of aliphatic carboxylic acids is 1. The van der Waals surface area contributed by atoms with E-state index < -0.39 is 16.9 Å². The van der Waals surface area contributed by atoms with Crippen molar-refractivity contribution < 1.29 is 19.8 Å². The van der Waals surface area contributed by atoms with Gasteiger partial charge in [-0.05, 0) is 12.5 Å². The molecule has 98 valence electrons. The number of ketones is 1. The van der Waals surface area contributed by atoms with Crippen molar-refractivity contribution >= 4 is 39.3 Å². The Morgan fingerprint density at radius 2 is 2.06 bits per heavy atom. The number of rotatable bonds is 5. The Balaban J connectivity index is 3.33. The SMILES string of the molecule is CC(Br)C(=O)c1ccc(CCl)cc1C(O)C(=O)O. The molecule has 0 aliphatic heterocycles. The van der Waals surface area contributed by atoms with Crippen molar-refractivity contribution in [3.63, 3.8) is 0 Å². The van der Waals surface area contributed by atoms with Crippen LogP contribution in [0.5, 0.6) is 0 Å². The summed E-state index contributed by atoms with van der Waals surface area (Å²) in [6, 6.07) is 4.56. The van der Waals surface area contributed by atoms with Crippen LogP contribution in [0.2, 0.25) is 0 Å². The summed E-state index contributed by atoms with van der Waals surface area (Å²) < 4.78 is 0. The fraction of sp³-hybridized carbons (Fsp3) is 0.333. The summed E-state index contributed by atoms with van der Waals surface area (Å²) in [6.45, 7) is 1.63. The van der Waals surface area contributed by atoms with Gasteiger partial charge in [0, 0.05) is 17.0 Å². The van der Waals surface area contributed by atoms with Gasteiger partial charge in [0.05, 0.1) is 4.83 Å². The Kier molecular flexibility index (Phi) is 5.31. The van der Waals surface area contributed by atoms with Gasteiger partial charge in [-0.15, -0.1) is 11.6 Å². The third-order valence-corrected chi connectivity index (χ3v) is 3.15. The van der Waals surface area contributed by atoms with Crippen LogP contribution in [0.1, 0.15) is 34.5 Å². The minimum atomic E-state index is -1.74. The average Bonchev–Trinajstić information content (AvgIpc) is 2.35. The highest BCUT2D eigenvalue weighted by Gasteiger charge is 2.24. The summed E-state index contributed by atoms with van der Waals surface area (Å²) in [5.74, 6) is -1.51. The molecule has 2 atom stereocenters. The van der Waals surface area contributed by atoms with E-state index in [9.17, 15) is 14.7 Å². The van der Waals surface area contributed by atoms with Crippen molar-refractivity contribution in [1.82, 2.24) is 0 Å². The smallest absolute Gasteiger partial charge is 0.337 e. The maximum absolute atomic E-state index is 11.9. The lowest BCUT2D eigenvalue weighted by Gasteiger charge is -2.14. The molecule has 1 aromatic rings. The molecule has 2 unspecified atom stereocenters. The van der Waals surface area contributed by atoms with Gasteiger partial charge in [0.25, 0.3) is 0 Å². The highest BCUT2D eigenvalue weighted by Crippen LogP contribution is 2.24. The summed E-state index contributed by atoms with van der Waals surface area (Å²) in [4.78, 5) is 22.3. The average molecular weight is 336 g/mol. The monoisotopic (exact) mass is 334 g/mol. The van der Waals surface area contributed by atoms with Crippen LogP contribution in [-0.4, -0.2) is 26.8 Å². The van der Waals surface area contributed by atoms with Crippen LogP contribution in [0.4, 0.5) is 0 Å². The number of hydrogen-bond donors (Lipinski definition) is 2. The van der Waals surface area contributed by atoms with E-state index in [1.54, 1.807) is 13.0 Å². The number of carbonyl (C=O) groups is 2. The van der Waals surface area contributed by atoms with Crippen LogP contribution in [0, 0.1) is 0 Å². The molecule has 0 bridgehead atoms. The summed E-state index contributed by atoms with van der Waals surface area (Å²) >= 11 is 8.78. The predicted molar refractivity (Wildman–Crippen MR) is 71.3 cm³/mol. The van der Waals surface area contributed by atoms with Gasteiger partial charge in [-0.2, -0.15) is 0 Å². The first-order valence-electron chi connectivity index (χ1n) is 5.16. The molecule has 0 saturated heterocycles. The second-order valence-corrected chi connectivity index (χ2v) is 5.42. The highest BCUT2D eigenvalue weighted by molar-refractivity contribution is 9.10. The van der Waals surface area contributed by atoms with E-state index in [0.717, 1.165) is 0 Å². The molecule has 0 amide bonds. The zero-order valence-electron chi connectivity index (χ0n) is 9.56. The zero-order chi connectivity index (χ0) is 13.9. The number of aliphatic hydroxyl groups is 1. The van der Waals surface area contributed by atoms with E-state index in [2.05, 4.69) is 15.9 Å². The minimum absolute atomic E-state index is 0.0666. The Morgan fingerprint density at radius 3 is 2.50 bits per heavy atom. The number of alkyl halides is 2. The Bertz CT molecular complexity index is 473. The molecule has 2 N–H and O–H groups in total. The van der Waals surface area contributed by atoms with Crippen molar-refractivity contribution in [2.45, 2.75) is 23.7 Å². The minimum Gasteiger partial charge on any atom is -0.479 e. The number of aliphatic hydroxyl groups excluding tert-OH is 1. The van der Waals surface area contributed by atoms with Gasteiger partial charge < -0.3 is 10.2 Å². The topological polar surface area (TPSA) is 74.6 Å². The van der Waals surface area contributed by atoms with E-state index >= 15 is 0 Å². The molecular formula is C12H12BrClO4. The lowest BCUT2D eigenvalue weighted by atomic mass is 9.96. The van der Waals surface area contributed by atoms with Crippen molar-refractivity contribution in [2.24, 2.45) is 0 Å². The van der Waals surface area contributed by atoms with Gasteiger partial charge >= 0.3 is 5.97 Å². The molecule has 0 fully saturated rings. The van der Waals surface area contributed by atoms with E-state index in [1.807, 2.05) is 0 Å². The second kappa shape index (κ2) is 6.31. The first-order chi connectivity index (χ1) is 8.38. The van der Waals surface area contributed by atoms with Gasteiger partial charge in [0.1, 0.15) is 0 Å². The fourth-order valence-electron chi connectivity index (χ4n) is 1.49. The van der Waals surface area contributed by atoms with Crippen LogP contribution >= 0.6 is 27.5 Å². The van der Waals surface area contributed by atoms with Crippen LogP contribution in [-0.2, 0) is 10.7 Å². The number of Topliss-reactive ketones (excluding diaryl/α,β-unsaturated/α-hetero) is 1. The maximum atomic E-state index is 11.9. The van der Waals surface area contributed by atoms with Gasteiger partial charge in [-0.1, -0.05) is 34.1 Å². The summed E-state index contributed by atoms with van der Waals surface area (Å²) in [6.07, 6.45) is -1.74. The van der Waals surface area contributed by atoms with Crippen molar-refractivity contribution in [3.8, 4) is 0 Å². The molecule has 1 rings (SSSR count). The van der Waals surface area contributed by atoms with E-state index in [1.165, 1.54) is 12.1 Å². The van der Waals surface area contributed by atoms with Crippen LogP contribution in [0.15, 0.2) is 18.2 Å². The van der Waals surface area contributed by atoms with Gasteiger partial charge in [0.15, 0.2) is 11.9 Å². The first kappa shape index (κ1) is 15.1. The molecule has 0 heterocycles. The molecule has 0 spiro atoms. The number of hydrogen-bond acceptors (Lipinski definition) is 3. The van der Waals surface area contributed by atoms with Gasteiger partial charge in [-0.3, -0.25) is 4.79 Å². The Labute approximate surface area is 118 Å². The summed E-state index contributed by atoms with van der Waals surface area (Å²) in [5, 5.41) is 18.5. The van der Waals surface area contributed by atoms with Crippen molar-refractivity contribution in [1.29, 1.82) is 0 Å². The zero-order valence-corrected chi connectivity index (χ0v) is 11.9. The van der Waals surface area contributed by atoms with E-state index in [4.69, 9.17) is 16.7 Å². The largest absolute Gasteiger partial charge is 0.479 e. The van der Waals surface area contributed by atoms with E-state index in [0.29, 0.717) is 5.56 Å². The molecule has 0 aromatic heterocycles. The highest BCUT2D eigenvalue weighted by atomic mass is 79.9. The van der Waals surface area contributed by atoms with Crippen molar-refractivity contribution in [2.75, 3.05) is 0 Å². The number of carboxylic acids is 1. The lowest BCUT2D eigenvalue weighted by molar-refractivity contribution is -0.146. The molecule has 0 aliphatic rings. The third kappa shape index (κ3) is 3.31. The number of halogens is 2. The fourth-order valence-corrected chi connectivity index (χ4v) is 1.91. The summed E-state index contributed by atoms with van der Waals surface area (Å²) in [5.41, 5.74) is 0.894. The maximum Gasteiger partial charge on any atom is 0.337 e. The quantitative estimate of drug-likeness (QED) is 0.640. The van der Waals surface area contributed by atoms with Crippen molar-refractivity contribution in [3.05, 3.63) is 34.9 Å². The number of carbonyl (C=O) groups excluding carboxylic acids is 1. The van der Waals surface area contributed by atoms with Gasteiger partial charge in [-0.25, -0.2) is 4.79 Å². The number of carboxylic acid groups (broad SMARTS) is 1. The third-order valence-electron chi connectivity index (χ3n) is 2.43. The standard InChI is InChI=1S/C12H12BrClO4/c1-6(13)10(15)8-3-2-7(5-14)4-9(8)11(16)12(17)18/h2-4,6,11,16H,5H2,1H3,(H,17,18). The molecule has 1 aromatic carbocycles. The molecule has 4 nitrogen and oxygen atoms in total.